The Labute approximate surface area is 139 Å². The lowest BCUT2D eigenvalue weighted by Crippen LogP contribution is -2.20. The van der Waals surface area contributed by atoms with Crippen LogP contribution in [0.15, 0.2) is 28.7 Å². The van der Waals surface area contributed by atoms with Crippen molar-refractivity contribution in [3.8, 4) is 11.3 Å². The molecule has 1 aliphatic rings. The minimum atomic E-state index is 0.525. The van der Waals surface area contributed by atoms with Gasteiger partial charge in [-0.3, -0.25) is 0 Å². The van der Waals surface area contributed by atoms with Crippen molar-refractivity contribution in [2.24, 2.45) is 5.41 Å². The Morgan fingerprint density at radius 3 is 2.38 bits per heavy atom. The van der Waals surface area contributed by atoms with E-state index < -0.39 is 0 Å². The van der Waals surface area contributed by atoms with E-state index in [2.05, 4.69) is 61.0 Å². The molecule has 0 saturated heterocycles. The van der Waals surface area contributed by atoms with Crippen LogP contribution >= 0.6 is 27.3 Å². The summed E-state index contributed by atoms with van der Waals surface area (Å²) in [4.78, 5) is 6.33. The van der Waals surface area contributed by atoms with Gasteiger partial charge in [-0.15, -0.1) is 11.3 Å². The van der Waals surface area contributed by atoms with Gasteiger partial charge in [0.05, 0.1) is 10.7 Å². The Hall–Kier alpha value is -0.670. The number of nitrogens with zero attached hydrogens (tertiary/aromatic N) is 1. The molecule has 3 rings (SSSR count). The SMILES string of the molecule is Cc1sc(C2CCC(C)(C)CC2)nc1-c1ccc(Br)cc1. The van der Waals surface area contributed by atoms with Crippen molar-refractivity contribution >= 4 is 27.3 Å². The highest BCUT2D eigenvalue weighted by molar-refractivity contribution is 9.10. The fourth-order valence-corrected chi connectivity index (χ4v) is 4.49. The first kappa shape index (κ1) is 15.2. The van der Waals surface area contributed by atoms with Gasteiger partial charge in [0.2, 0.25) is 0 Å². The van der Waals surface area contributed by atoms with Crippen molar-refractivity contribution in [1.82, 2.24) is 4.98 Å². The molecule has 1 heterocycles. The Morgan fingerprint density at radius 2 is 1.76 bits per heavy atom. The van der Waals surface area contributed by atoms with Gasteiger partial charge >= 0.3 is 0 Å². The molecule has 0 bridgehead atoms. The second-order valence-electron chi connectivity index (χ2n) is 6.90. The van der Waals surface area contributed by atoms with Gasteiger partial charge < -0.3 is 0 Å². The van der Waals surface area contributed by atoms with Gasteiger partial charge in [-0.1, -0.05) is 41.9 Å². The molecule has 2 aromatic rings. The first-order valence-corrected chi connectivity index (χ1v) is 9.29. The van der Waals surface area contributed by atoms with E-state index in [9.17, 15) is 0 Å². The number of halogens is 1. The lowest BCUT2D eigenvalue weighted by molar-refractivity contribution is 0.224. The minimum Gasteiger partial charge on any atom is -0.241 e. The average molecular weight is 364 g/mol. The number of aryl methyl sites for hydroxylation is 1. The highest BCUT2D eigenvalue weighted by Gasteiger charge is 2.29. The second kappa shape index (κ2) is 5.85. The zero-order valence-electron chi connectivity index (χ0n) is 12.9. The molecule has 1 nitrogen and oxygen atoms in total. The monoisotopic (exact) mass is 363 g/mol. The van der Waals surface area contributed by atoms with Gasteiger partial charge in [-0.05, 0) is 50.2 Å². The minimum absolute atomic E-state index is 0.525. The number of benzene rings is 1. The summed E-state index contributed by atoms with van der Waals surface area (Å²) in [5.74, 6) is 0.672. The quantitative estimate of drug-likeness (QED) is 0.588. The number of rotatable bonds is 2. The van der Waals surface area contributed by atoms with Gasteiger partial charge in [-0.2, -0.15) is 0 Å². The summed E-state index contributed by atoms with van der Waals surface area (Å²) in [6.45, 7) is 6.98. The van der Waals surface area contributed by atoms with Gasteiger partial charge in [0.15, 0.2) is 0 Å². The van der Waals surface area contributed by atoms with Crippen molar-refractivity contribution < 1.29 is 0 Å². The molecule has 0 amide bonds. The standard InChI is InChI=1S/C18H22BrNS/c1-12-16(13-4-6-15(19)7-5-13)20-17(21-12)14-8-10-18(2,3)11-9-14/h4-7,14H,8-11H2,1-3H3. The van der Waals surface area contributed by atoms with E-state index >= 15 is 0 Å². The topological polar surface area (TPSA) is 12.9 Å². The summed E-state index contributed by atoms with van der Waals surface area (Å²) in [7, 11) is 0. The molecule has 21 heavy (non-hydrogen) atoms. The van der Waals surface area contributed by atoms with E-state index in [0.29, 0.717) is 11.3 Å². The molecule has 0 aliphatic heterocycles. The second-order valence-corrected chi connectivity index (χ2v) is 9.05. The molecule has 1 aliphatic carbocycles. The largest absolute Gasteiger partial charge is 0.241 e. The molecule has 1 aromatic carbocycles. The lowest BCUT2D eigenvalue weighted by atomic mass is 9.73. The van der Waals surface area contributed by atoms with Crippen LogP contribution in [0.25, 0.3) is 11.3 Å². The van der Waals surface area contributed by atoms with Crippen LogP contribution in [0.4, 0.5) is 0 Å². The van der Waals surface area contributed by atoms with E-state index in [4.69, 9.17) is 4.98 Å². The Kier molecular flexibility index (Phi) is 4.24. The van der Waals surface area contributed by atoms with Crippen LogP contribution in [0.1, 0.15) is 55.3 Å². The third-order valence-corrected chi connectivity index (χ3v) is 6.28. The molecule has 112 valence electrons. The Morgan fingerprint density at radius 1 is 1.14 bits per heavy atom. The van der Waals surface area contributed by atoms with Crippen LogP contribution < -0.4 is 0 Å². The third-order valence-electron chi connectivity index (χ3n) is 4.62. The lowest BCUT2D eigenvalue weighted by Gasteiger charge is -2.33. The maximum Gasteiger partial charge on any atom is 0.0966 e. The fraction of sp³-hybridized carbons (Fsp3) is 0.500. The van der Waals surface area contributed by atoms with E-state index in [1.165, 1.54) is 46.8 Å². The molecule has 0 N–H and O–H groups in total. The predicted octanol–water partition coefficient (Wildman–Crippen LogP) is 6.56. The van der Waals surface area contributed by atoms with E-state index in [1.807, 2.05) is 11.3 Å². The first-order chi connectivity index (χ1) is 9.94. The van der Waals surface area contributed by atoms with Crippen LogP contribution in [-0.4, -0.2) is 4.98 Å². The molecule has 1 saturated carbocycles. The summed E-state index contributed by atoms with van der Waals surface area (Å²) in [6.07, 6.45) is 5.23. The maximum atomic E-state index is 4.98. The highest BCUT2D eigenvalue weighted by Crippen LogP contribution is 2.44. The van der Waals surface area contributed by atoms with Crippen LogP contribution in [0.2, 0.25) is 0 Å². The van der Waals surface area contributed by atoms with Crippen LogP contribution in [0, 0.1) is 12.3 Å². The maximum absolute atomic E-state index is 4.98. The highest BCUT2D eigenvalue weighted by atomic mass is 79.9. The first-order valence-electron chi connectivity index (χ1n) is 7.68. The van der Waals surface area contributed by atoms with Gasteiger partial charge in [-0.25, -0.2) is 4.98 Å². The third kappa shape index (κ3) is 3.40. The zero-order valence-corrected chi connectivity index (χ0v) is 15.4. The molecule has 0 atom stereocenters. The summed E-state index contributed by atoms with van der Waals surface area (Å²) >= 11 is 5.39. The van der Waals surface area contributed by atoms with Crippen LogP contribution in [-0.2, 0) is 0 Å². The van der Waals surface area contributed by atoms with Crippen molar-refractivity contribution in [2.75, 3.05) is 0 Å². The van der Waals surface area contributed by atoms with E-state index in [0.717, 1.165) is 4.47 Å². The smallest absolute Gasteiger partial charge is 0.0966 e. The Balaban J connectivity index is 1.83. The molecule has 0 radical (unpaired) electrons. The molecular formula is C18H22BrNS. The molecule has 0 unspecified atom stereocenters. The van der Waals surface area contributed by atoms with Crippen molar-refractivity contribution in [1.29, 1.82) is 0 Å². The number of thiazole rings is 1. The average Bonchev–Trinajstić information content (AvgIpc) is 2.82. The summed E-state index contributed by atoms with van der Waals surface area (Å²) in [5, 5.41) is 1.35. The molecule has 0 spiro atoms. The molecule has 1 fully saturated rings. The van der Waals surface area contributed by atoms with E-state index in [-0.39, 0.29) is 0 Å². The number of hydrogen-bond donors (Lipinski definition) is 0. The van der Waals surface area contributed by atoms with Gasteiger partial charge in [0, 0.05) is 20.8 Å². The number of aromatic nitrogens is 1. The molecule has 1 aromatic heterocycles. The normalized spacial score (nSPS) is 18.9. The molecule has 3 heteroatoms. The van der Waals surface area contributed by atoms with E-state index in [1.54, 1.807) is 0 Å². The summed E-state index contributed by atoms with van der Waals surface area (Å²) in [6, 6.07) is 8.49. The van der Waals surface area contributed by atoms with Crippen LogP contribution in [0.5, 0.6) is 0 Å². The van der Waals surface area contributed by atoms with Gasteiger partial charge in [0.25, 0.3) is 0 Å². The molecular weight excluding hydrogens is 342 g/mol. The fourth-order valence-electron chi connectivity index (χ4n) is 3.11. The summed E-state index contributed by atoms with van der Waals surface area (Å²) in [5.41, 5.74) is 2.93. The van der Waals surface area contributed by atoms with Crippen molar-refractivity contribution in [3.63, 3.8) is 0 Å². The number of hydrogen-bond acceptors (Lipinski definition) is 2. The van der Waals surface area contributed by atoms with Crippen molar-refractivity contribution in [3.05, 3.63) is 38.6 Å². The zero-order chi connectivity index (χ0) is 15.0. The Bertz CT molecular complexity index is 617. The van der Waals surface area contributed by atoms with Crippen LogP contribution in [0.3, 0.4) is 0 Å². The summed E-state index contributed by atoms with van der Waals surface area (Å²) < 4.78 is 1.12. The van der Waals surface area contributed by atoms with Gasteiger partial charge in [0.1, 0.15) is 0 Å². The van der Waals surface area contributed by atoms with Crippen molar-refractivity contribution in [2.45, 2.75) is 52.4 Å². The predicted molar refractivity (Wildman–Crippen MR) is 95.0 cm³/mol.